The SMILES string of the molecule is O=C(Cc1ccccn1)N1CCCNc2ccccc21. The zero-order chi connectivity index (χ0) is 13.8. The minimum absolute atomic E-state index is 0.0971. The van der Waals surface area contributed by atoms with E-state index in [-0.39, 0.29) is 5.91 Å². The molecule has 1 aliphatic heterocycles. The van der Waals surface area contributed by atoms with E-state index in [1.807, 2.05) is 47.4 Å². The predicted molar refractivity (Wildman–Crippen MR) is 79.8 cm³/mol. The van der Waals surface area contributed by atoms with Crippen molar-refractivity contribution in [3.8, 4) is 0 Å². The highest BCUT2D eigenvalue weighted by Gasteiger charge is 2.20. The third kappa shape index (κ3) is 2.64. The zero-order valence-corrected chi connectivity index (χ0v) is 11.2. The van der Waals surface area contributed by atoms with Crippen LogP contribution in [0.3, 0.4) is 0 Å². The highest BCUT2D eigenvalue weighted by molar-refractivity contribution is 5.97. The van der Waals surface area contributed by atoms with E-state index in [2.05, 4.69) is 10.3 Å². The Morgan fingerprint density at radius 2 is 2.05 bits per heavy atom. The maximum atomic E-state index is 12.5. The van der Waals surface area contributed by atoms with Crippen LogP contribution in [-0.4, -0.2) is 24.0 Å². The van der Waals surface area contributed by atoms with E-state index >= 15 is 0 Å². The van der Waals surface area contributed by atoms with Crippen LogP contribution >= 0.6 is 0 Å². The first-order valence-electron chi connectivity index (χ1n) is 6.88. The zero-order valence-electron chi connectivity index (χ0n) is 11.2. The summed E-state index contributed by atoms with van der Waals surface area (Å²) in [7, 11) is 0. The number of nitrogens with zero attached hydrogens (tertiary/aromatic N) is 2. The van der Waals surface area contributed by atoms with Crippen molar-refractivity contribution in [3.05, 3.63) is 54.4 Å². The second kappa shape index (κ2) is 5.74. The number of amides is 1. The van der Waals surface area contributed by atoms with Crippen molar-refractivity contribution in [2.45, 2.75) is 12.8 Å². The monoisotopic (exact) mass is 267 g/mol. The summed E-state index contributed by atoms with van der Waals surface area (Å²) in [6.45, 7) is 1.64. The van der Waals surface area contributed by atoms with Gasteiger partial charge in [0, 0.05) is 25.0 Å². The van der Waals surface area contributed by atoms with Crippen molar-refractivity contribution in [2.24, 2.45) is 0 Å². The molecule has 0 saturated heterocycles. The molecule has 0 unspecified atom stereocenters. The molecule has 3 rings (SSSR count). The van der Waals surface area contributed by atoms with Gasteiger partial charge in [-0.05, 0) is 30.7 Å². The molecule has 1 aromatic heterocycles. The Labute approximate surface area is 118 Å². The van der Waals surface area contributed by atoms with Gasteiger partial charge >= 0.3 is 0 Å². The van der Waals surface area contributed by atoms with Crippen LogP contribution in [-0.2, 0) is 11.2 Å². The number of para-hydroxylation sites is 2. The predicted octanol–water partition coefficient (Wildman–Crippen LogP) is 2.47. The molecular weight excluding hydrogens is 250 g/mol. The molecule has 0 radical (unpaired) electrons. The lowest BCUT2D eigenvalue weighted by atomic mass is 10.2. The summed E-state index contributed by atoms with van der Waals surface area (Å²) < 4.78 is 0. The van der Waals surface area contributed by atoms with E-state index in [0.717, 1.165) is 36.6 Å². The van der Waals surface area contributed by atoms with Crippen molar-refractivity contribution in [3.63, 3.8) is 0 Å². The lowest BCUT2D eigenvalue weighted by Gasteiger charge is -2.22. The lowest BCUT2D eigenvalue weighted by molar-refractivity contribution is -0.118. The minimum Gasteiger partial charge on any atom is -0.383 e. The number of pyridine rings is 1. The number of fused-ring (bicyclic) bond motifs is 1. The molecule has 4 nitrogen and oxygen atoms in total. The number of nitrogens with one attached hydrogen (secondary N) is 1. The number of carbonyl (C=O) groups is 1. The van der Waals surface area contributed by atoms with Gasteiger partial charge in [0.05, 0.1) is 17.8 Å². The maximum Gasteiger partial charge on any atom is 0.233 e. The van der Waals surface area contributed by atoms with E-state index in [1.54, 1.807) is 6.20 Å². The molecule has 1 amide bonds. The van der Waals surface area contributed by atoms with Crippen molar-refractivity contribution in [1.82, 2.24) is 4.98 Å². The summed E-state index contributed by atoms with van der Waals surface area (Å²) in [6.07, 6.45) is 3.01. The van der Waals surface area contributed by atoms with E-state index < -0.39 is 0 Å². The average molecular weight is 267 g/mol. The fourth-order valence-corrected chi connectivity index (χ4v) is 2.45. The first-order valence-corrected chi connectivity index (χ1v) is 6.88. The molecule has 2 heterocycles. The Morgan fingerprint density at radius 3 is 2.90 bits per heavy atom. The maximum absolute atomic E-state index is 12.5. The highest BCUT2D eigenvalue weighted by Crippen LogP contribution is 2.28. The summed E-state index contributed by atoms with van der Waals surface area (Å²) in [5, 5.41) is 3.36. The second-order valence-corrected chi connectivity index (χ2v) is 4.84. The molecule has 102 valence electrons. The van der Waals surface area contributed by atoms with Crippen LogP contribution in [0.4, 0.5) is 11.4 Å². The molecule has 0 saturated carbocycles. The van der Waals surface area contributed by atoms with Gasteiger partial charge in [-0.2, -0.15) is 0 Å². The summed E-state index contributed by atoms with van der Waals surface area (Å²) in [6, 6.07) is 13.6. The Kier molecular flexibility index (Phi) is 3.63. The van der Waals surface area contributed by atoms with Gasteiger partial charge in [-0.3, -0.25) is 9.78 Å². The first kappa shape index (κ1) is 12.7. The number of hydrogen-bond acceptors (Lipinski definition) is 3. The molecule has 0 aliphatic carbocycles. The first-order chi connectivity index (χ1) is 9.84. The van der Waals surface area contributed by atoms with E-state index in [1.165, 1.54) is 0 Å². The van der Waals surface area contributed by atoms with E-state index in [0.29, 0.717) is 6.42 Å². The van der Waals surface area contributed by atoms with Gasteiger partial charge in [-0.1, -0.05) is 18.2 Å². The van der Waals surface area contributed by atoms with Gasteiger partial charge in [0.15, 0.2) is 0 Å². The van der Waals surface area contributed by atoms with Gasteiger partial charge in [-0.15, -0.1) is 0 Å². The Morgan fingerprint density at radius 1 is 1.20 bits per heavy atom. The lowest BCUT2D eigenvalue weighted by Crippen LogP contribution is -2.33. The van der Waals surface area contributed by atoms with Gasteiger partial charge in [-0.25, -0.2) is 0 Å². The number of carbonyl (C=O) groups excluding carboxylic acids is 1. The standard InChI is InChI=1S/C16H17N3O/c20-16(12-13-6-3-4-9-17-13)19-11-5-10-18-14-7-1-2-8-15(14)19/h1-4,6-9,18H,5,10-12H2. The Bertz CT molecular complexity index is 598. The fraction of sp³-hybridized carbons (Fsp3) is 0.250. The van der Waals surface area contributed by atoms with Crippen LogP contribution < -0.4 is 10.2 Å². The molecule has 1 aliphatic rings. The van der Waals surface area contributed by atoms with Gasteiger partial charge < -0.3 is 10.2 Å². The number of aromatic nitrogens is 1. The van der Waals surface area contributed by atoms with Crippen LogP contribution in [0.1, 0.15) is 12.1 Å². The summed E-state index contributed by atoms with van der Waals surface area (Å²) in [5.74, 6) is 0.0971. The summed E-state index contributed by atoms with van der Waals surface area (Å²) >= 11 is 0. The quantitative estimate of drug-likeness (QED) is 0.909. The van der Waals surface area contributed by atoms with Crippen LogP contribution in [0, 0.1) is 0 Å². The third-order valence-corrected chi connectivity index (χ3v) is 3.43. The molecule has 1 aromatic carbocycles. The van der Waals surface area contributed by atoms with Crippen LogP contribution in [0.15, 0.2) is 48.7 Å². The van der Waals surface area contributed by atoms with Gasteiger partial charge in [0.2, 0.25) is 5.91 Å². The summed E-state index contributed by atoms with van der Waals surface area (Å²) in [5.41, 5.74) is 2.80. The Hall–Kier alpha value is -2.36. The normalized spacial score (nSPS) is 14.1. The second-order valence-electron chi connectivity index (χ2n) is 4.84. The van der Waals surface area contributed by atoms with Gasteiger partial charge in [0.25, 0.3) is 0 Å². The fourth-order valence-electron chi connectivity index (χ4n) is 2.45. The van der Waals surface area contributed by atoms with Crippen LogP contribution in [0.2, 0.25) is 0 Å². The molecular formula is C16H17N3O. The van der Waals surface area contributed by atoms with Crippen LogP contribution in [0.25, 0.3) is 0 Å². The minimum atomic E-state index is 0.0971. The van der Waals surface area contributed by atoms with Gasteiger partial charge in [0.1, 0.15) is 0 Å². The molecule has 0 atom stereocenters. The third-order valence-electron chi connectivity index (χ3n) is 3.43. The Balaban J connectivity index is 1.84. The van der Waals surface area contributed by atoms with Crippen molar-refractivity contribution in [2.75, 3.05) is 23.3 Å². The number of hydrogen-bond donors (Lipinski definition) is 1. The molecule has 0 bridgehead atoms. The highest BCUT2D eigenvalue weighted by atomic mass is 16.2. The van der Waals surface area contributed by atoms with Crippen LogP contribution in [0.5, 0.6) is 0 Å². The molecule has 4 heteroatoms. The number of rotatable bonds is 2. The number of anilines is 2. The molecule has 2 aromatic rings. The number of benzene rings is 1. The molecule has 20 heavy (non-hydrogen) atoms. The van der Waals surface area contributed by atoms with Crippen molar-refractivity contribution in [1.29, 1.82) is 0 Å². The van der Waals surface area contributed by atoms with E-state index in [4.69, 9.17) is 0 Å². The topological polar surface area (TPSA) is 45.2 Å². The van der Waals surface area contributed by atoms with Crippen molar-refractivity contribution >= 4 is 17.3 Å². The molecule has 1 N–H and O–H groups in total. The van der Waals surface area contributed by atoms with Crippen molar-refractivity contribution < 1.29 is 4.79 Å². The molecule has 0 fully saturated rings. The largest absolute Gasteiger partial charge is 0.383 e. The molecule has 0 spiro atoms. The smallest absolute Gasteiger partial charge is 0.233 e. The summed E-state index contributed by atoms with van der Waals surface area (Å²) in [4.78, 5) is 18.6. The van der Waals surface area contributed by atoms with E-state index in [9.17, 15) is 4.79 Å². The average Bonchev–Trinajstić information content (AvgIpc) is 2.70.